The van der Waals surface area contributed by atoms with Crippen LogP contribution >= 0.6 is 0 Å². The number of Topliss-reactive ketones (excluding diaryl/α,β-unsaturated/α-hetero) is 1. The Morgan fingerprint density at radius 2 is 0.419 bits per heavy atom. The summed E-state index contributed by atoms with van der Waals surface area (Å²) in [6.07, 6.45) is -14.0. The van der Waals surface area contributed by atoms with Gasteiger partial charge in [0.1, 0.15) is 60.4 Å². The van der Waals surface area contributed by atoms with E-state index in [9.17, 15) is 121 Å². The molecule has 18 amide bonds. The second-order valence-electron chi connectivity index (χ2n) is 23.8. The van der Waals surface area contributed by atoms with Crippen molar-refractivity contribution in [3.63, 3.8) is 0 Å². The summed E-state index contributed by atoms with van der Waals surface area (Å²) >= 11 is 0. The summed E-state index contributed by atoms with van der Waals surface area (Å²) in [5.41, 5.74) is 42.5. The summed E-state index contributed by atoms with van der Waals surface area (Å²) in [7, 11) is 0. The van der Waals surface area contributed by atoms with Crippen LogP contribution in [0, 0.1) is 5.41 Å². The molecule has 0 heterocycles. The number of hydrogen-bond donors (Lipinski definition) is 24. The molecule has 0 radical (unpaired) electrons. The van der Waals surface area contributed by atoms with Gasteiger partial charge in [0, 0.05) is 77.7 Å². The third-order valence-corrected chi connectivity index (χ3v) is 14.9. The molecule has 32 N–H and O–H groups in total. The van der Waals surface area contributed by atoms with Crippen LogP contribution in [0.1, 0.15) is 155 Å². The number of guanidine groups is 1. The van der Waals surface area contributed by atoms with Crippen LogP contribution in [-0.4, -0.2) is 224 Å². The number of nitrogens with two attached hydrogens (primary N) is 8. The Balaban J connectivity index is 7.54. The second kappa shape index (κ2) is 48.6. The number of carbonyl (C=O) groups is 22. The van der Waals surface area contributed by atoms with Gasteiger partial charge in [-0.15, -0.1) is 0 Å². The number of hydrogen-bond acceptors (Lipinski definition) is 23. The molecule has 586 valence electrons. The fourth-order valence-corrected chi connectivity index (χ4v) is 9.37. The van der Waals surface area contributed by atoms with Gasteiger partial charge in [-0.25, -0.2) is 0 Å². The molecule has 0 unspecified atom stereocenters. The summed E-state index contributed by atoms with van der Waals surface area (Å²) in [6, 6.07) is -20.3. The monoisotopic (exact) mass is 1500 g/mol. The topological polar surface area (TPSA) is 813 Å². The van der Waals surface area contributed by atoms with E-state index in [-0.39, 0.29) is 32.2 Å². The minimum atomic E-state index is -2.10. The van der Waals surface area contributed by atoms with Crippen LogP contribution in [0.4, 0.5) is 0 Å². The summed E-state index contributed by atoms with van der Waals surface area (Å²) < 4.78 is 0. The maximum Gasteiger partial charge on any atom is 0.303 e. The highest BCUT2D eigenvalue weighted by Crippen LogP contribution is 2.13. The lowest BCUT2D eigenvalue weighted by atomic mass is 10.0. The first-order chi connectivity index (χ1) is 48.9. The molecule has 0 fully saturated rings. The van der Waals surface area contributed by atoms with Gasteiger partial charge < -0.3 is 125 Å². The number of carboxylic acid groups (broad SMARTS) is 3. The SMILES string of the molecule is CC(=O)N[C@@H](CCC(N)=O)C(=O)N[C@@H](CCC(N)=O)C(=O)N[C@@H](CCCNC(=N)N)C(=O)N[C@@H](CCC(N)=O)C(=O)N[C@@H](CCC(=O)O)C(=O)N[C@@H](CCC(N)=O)C(=O)N[C@@H](CCC(=O)O)C(=O)N[C@@H](CCC(N)=O)C(=O)N[C@@H](CCC(=O)O)C(=O)N[C@@H](CCC(N)=O)C(=O)N[C@@H](CCC(N)=O)C(C)=O. The highest BCUT2D eigenvalue weighted by Gasteiger charge is 2.38. The number of rotatable bonds is 56. The summed E-state index contributed by atoms with van der Waals surface area (Å²) in [5, 5.41) is 63.4. The predicted molar refractivity (Wildman–Crippen MR) is 356 cm³/mol. The first-order valence-electron chi connectivity index (χ1n) is 32.5. The van der Waals surface area contributed by atoms with Crippen molar-refractivity contribution in [2.45, 2.75) is 222 Å². The van der Waals surface area contributed by atoms with E-state index >= 15 is 0 Å². The summed E-state index contributed by atoms with van der Waals surface area (Å²) in [6.45, 7) is 1.94. The van der Waals surface area contributed by atoms with Gasteiger partial charge in [-0.3, -0.25) is 111 Å². The van der Waals surface area contributed by atoms with E-state index in [1.54, 1.807) is 0 Å². The van der Waals surface area contributed by atoms with Crippen LogP contribution in [-0.2, 0) is 105 Å². The predicted octanol–water partition coefficient (Wildman–Crippen LogP) is -11.4. The molecule has 0 aliphatic heterocycles. The number of nitrogens with one attached hydrogen (secondary N) is 13. The first kappa shape index (κ1) is 92.8. The van der Waals surface area contributed by atoms with E-state index in [1.807, 2.05) is 0 Å². The molecule has 105 heavy (non-hydrogen) atoms. The Morgan fingerprint density at radius 3 is 0.581 bits per heavy atom. The van der Waals surface area contributed by atoms with Gasteiger partial charge in [-0.1, -0.05) is 0 Å². The summed E-state index contributed by atoms with van der Waals surface area (Å²) in [5.74, 6) is -26.8. The molecule has 46 heteroatoms. The van der Waals surface area contributed by atoms with Gasteiger partial charge in [0.2, 0.25) is 106 Å². The average molecular weight is 1500 g/mol. The zero-order valence-corrected chi connectivity index (χ0v) is 57.6. The Hall–Kier alpha value is -12.2. The largest absolute Gasteiger partial charge is 0.481 e. The molecule has 46 nitrogen and oxygen atoms in total. The van der Waals surface area contributed by atoms with Crippen LogP contribution in [0.3, 0.4) is 0 Å². The first-order valence-corrected chi connectivity index (χ1v) is 32.5. The standard InChI is InChI=1S/C59H95N21O25/c1-26(81)28(5-15-39(60)83)71-51(98)31(7-17-41(62)85)75-56(103)36(12-22-46(90)91)79-54(101)34(10-20-44(65)88)77-58(105)38(14-24-48(94)95)80-55(102)35(11-21-45(66)89)76-57(104)37(13-23-47(92)93)78-53(100)33(9-19-43(64)87)73-49(96)29(4-3-25-69-59(67)68)72-52(99)32(8-18-42(63)86)74-50(97)30(70-27(2)82)6-16-40(61)84/h28-38H,3-25H2,1-2H3,(H2,60,83)(H2,61,84)(H2,62,85)(H2,63,86)(H2,64,87)(H2,65,88)(H2,66,89)(H,70,82)(H,71,98)(H,72,99)(H,73,96)(H,74,97)(H,75,103)(H,76,104)(H,77,105)(H,78,100)(H,79,101)(H,80,102)(H,90,91)(H,92,93)(H,94,95)(H4,67,68,69)/t28-,29-,30-,31-,32-,33-,34-,35-,36-,37-,38-/m0/s1. The van der Waals surface area contributed by atoms with Crippen molar-refractivity contribution in [1.29, 1.82) is 5.41 Å². The van der Waals surface area contributed by atoms with E-state index in [0.29, 0.717) is 0 Å². The molecular formula is C59H95N21O25. The molecule has 0 aromatic rings. The van der Waals surface area contributed by atoms with E-state index in [4.69, 9.17) is 51.3 Å². The van der Waals surface area contributed by atoms with E-state index < -0.39 is 318 Å². The number of carboxylic acids is 3. The van der Waals surface area contributed by atoms with Gasteiger partial charge in [0.15, 0.2) is 11.7 Å². The maximum absolute atomic E-state index is 14.3. The number of amides is 18. The Morgan fingerprint density at radius 1 is 0.257 bits per heavy atom. The lowest BCUT2D eigenvalue weighted by Gasteiger charge is -2.28. The Labute approximate surface area is 598 Å². The Bertz CT molecular complexity index is 3220. The number of carbonyl (C=O) groups excluding carboxylic acids is 19. The molecule has 11 atom stereocenters. The Kier molecular flexibility index (Phi) is 43.0. The van der Waals surface area contributed by atoms with E-state index in [0.717, 1.165) is 13.8 Å². The molecule has 0 aliphatic carbocycles. The van der Waals surface area contributed by atoms with Crippen LogP contribution in [0.5, 0.6) is 0 Å². The highest BCUT2D eigenvalue weighted by atomic mass is 16.4. The maximum atomic E-state index is 14.3. The van der Waals surface area contributed by atoms with Crippen molar-refractivity contribution >= 4 is 136 Å². The molecule has 0 bridgehead atoms. The number of aliphatic carboxylic acids is 3. The van der Waals surface area contributed by atoms with Gasteiger partial charge in [-0.2, -0.15) is 0 Å². The quantitative estimate of drug-likeness (QED) is 0.0153. The minimum Gasteiger partial charge on any atom is -0.481 e. The normalized spacial score (nSPS) is 13.8. The molecule has 0 spiro atoms. The minimum absolute atomic E-state index is 0.112. The van der Waals surface area contributed by atoms with E-state index in [2.05, 4.69) is 63.8 Å². The van der Waals surface area contributed by atoms with E-state index in [1.165, 1.54) is 0 Å². The molecule has 0 aromatic carbocycles. The lowest BCUT2D eigenvalue weighted by molar-refractivity contribution is -0.139. The van der Waals surface area contributed by atoms with Crippen molar-refractivity contribution in [3.8, 4) is 0 Å². The number of primary amides is 7. The summed E-state index contributed by atoms with van der Waals surface area (Å²) in [4.78, 5) is 284. The highest BCUT2D eigenvalue weighted by molar-refractivity contribution is 6.00. The van der Waals surface area contributed by atoms with Gasteiger partial charge in [0.05, 0.1) is 6.04 Å². The fraction of sp³-hybridized carbons (Fsp3) is 0.610. The van der Waals surface area contributed by atoms with Gasteiger partial charge in [0.25, 0.3) is 0 Å². The van der Waals surface area contributed by atoms with Crippen molar-refractivity contribution in [1.82, 2.24) is 63.8 Å². The van der Waals surface area contributed by atoms with Crippen LogP contribution in [0.2, 0.25) is 0 Å². The molecule has 0 saturated carbocycles. The van der Waals surface area contributed by atoms with Crippen LogP contribution < -0.4 is 110 Å². The van der Waals surface area contributed by atoms with Gasteiger partial charge >= 0.3 is 17.9 Å². The molecule has 0 rings (SSSR count). The smallest absolute Gasteiger partial charge is 0.303 e. The molecule has 0 saturated heterocycles. The fourth-order valence-electron chi connectivity index (χ4n) is 9.37. The molecule has 0 aromatic heterocycles. The van der Waals surface area contributed by atoms with Crippen molar-refractivity contribution in [2.24, 2.45) is 45.9 Å². The number of ketones is 1. The third-order valence-electron chi connectivity index (χ3n) is 14.9. The second-order valence-corrected chi connectivity index (χ2v) is 23.8. The third kappa shape index (κ3) is 42.0. The molecule has 0 aliphatic rings. The van der Waals surface area contributed by atoms with Crippen molar-refractivity contribution in [2.75, 3.05) is 6.54 Å². The van der Waals surface area contributed by atoms with Gasteiger partial charge in [-0.05, 0) is 84.0 Å². The average Bonchev–Trinajstić information content (AvgIpc) is 0.862. The lowest BCUT2D eigenvalue weighted by Crippen LogP contribution is -2.61. The van der Waals surface area contributed by atoms with Crippen molar-refractivity contribution in [3.05, 3.63) is 0 Å². The van der Waals surface area contributed by atoms with Crippen molar-refractivity contribution < 1.29 is 121 Å². The van der Waals surface area contributed by atoms with Crippen LogP contribution in [0.15, 0.2) is 0 Å². The zero-order chi connectivity index (χ0) is 80.4. The zero-order valence-electron chi connectivity index (χ0n) is 57.6. The van der Waals surface area contributed by atoms with Crippen LogP contribution in [0.25, 0.3) is 0 Å². The molecular weight excluding hydrogens is 1400 g/mol.